The predicted molar refractivity (Wildman–Crippen MR) is 108 cm³/mol. The maximum absolute atomic E-state index is 13.1. The first-order valence-electron chi connectivity index (χ1n) is 9.49. The Balaban J connectivity index is 1.81. The number of nitrogens with zero attached hydrogens (tertiary/aromatic N) is 2. The van der Waals surface area contributed by atoms with Gasteiger partial charge in [-0.15, -0.1) is 11.8 Å². The van der Waals surface area contributed by atoms with E-state index in [9.17, 15) is 18.0 Å². The molecule has 1 aromatic carbocycles. The van der Waals surface area contributed by atoms with E-state index in [4.69, 9.17) is 4.74 Å². The largest absolute Gasteiger partial charge is 0.466 e. The minimum atomic E-state index is -3.69. The number of amides is 1. The first kappa shape index (κ1) is 21.1. The van der Waals surface area contributed by atoms with Crippen LogP contribution in [0.2, 0.25) is 0 Å². The predicted octanol–water partition coefficient (Wildman–Crippen LogP) is 2.50. The van der Waals surface area contributed by atoms with Crippen molar-refractivity contribution in [2.24, 2.45) is 5.92 Å². The van der Waals surface area contributed by atoms with Gasteiger partial charge in [0.15, 0.2) is 0 Å². The highest BCUT2D eigenvalue weighted by atomic mass is 32.2. The lowest BCUT2D eigenvalue weighted by molar-refractivity contribution is -0.149. The standard InChI is InChI=1S/C19H26N2O5S2/c1-4-26-19(23)15-7-9-20(10-8-15)28(24,25)16-5-6-18-17(11-16)21(14(3)22)12-13(2)27-18/h5-6,11,13,15H,4,7-10,12H2,1-3H3/t13-/m1/s1. The molecule has 0 saturated carbocycles. The molecule has 28 heavy (non-hydrogen) atoms. The Bertz CT molecular complexity index is 863. The van der Waals surface area contributed by atoms with Gasteiger partial charge in [-0.2, -0.15) is 4.31 Å². The van der Waals surface area contributed by atoms with E-state index in [1.165, 1.54) is 11.2 Å². The zero-order chi connectivity index (χ0) is 20.5. The highest BCUT2D eigenvalue weighted by Gasteiger charge is 2.34. The Morgan fingerprint density at radius 3 is 2.54 bits per heavy atom. The number of thioether (sulfide) groups is 1. The van der Waals surface area contributed by atoms with Crippen LogP contribution in [0.25, 0.3) is 0 Å². The second-order valence-corrected chi connectivity index (χ2v) is 10.5. The van der Waals surface area contributed by atoms with Gasteiger partial charge >= 0.3 is 5.97 Å². The van der Waals surface area contributed by atoms with Crippen molar-refractivity contribution in [1.29, 1.82) is 0 Å². The summed E-state index contributed by atoms with van der Waals surface area (Å²) in [5, 5.41) is 0.251. The number of rotatable bonds is 4. The fraction of sp³-hybridized carbons (Fsp3) is 0.579. The maximum atomic E-state index is 13.1. The molecule has 2 aliphatic rings. The lowest BCUT2D eigenvalue weighted by atomic mass is 9.98. The van der Waals surface area contributed by atoms with Crippen molar-refractivity contribution in [2.45, 2.75) is 48.7 Å². The quantitative estimate of drug-likeness (QED) is 0.688. The number of fused-ring (bicyclic) bond motifs is 1. The molecule has 7 nitrogen and oxygen atoms in total. The number of piperidine rings is 1. The third-order valence-corrected chi connectivity index (χ3v) is 8.13. The van der Waals surface area contributed by atoms with Crippen LogP contribution in [0.1, 0.15) is 33.6 Å². The summed E-state index contributed by atoms with van der Waals surface area (Å²) in [7, 11) is -3.69. The molecule has 0 spiro atoms. The Labute approximate surface area is 170 Å². The Morgan fingerprint density at radius 2 is 1.93 bits per heavy atom. The second-order valence-electron chi connectivity index (χ2n) is 7.12. The second kappa shape index (κ2) is 8.42. The molecule has 1 aromatic rings. The number of sulfonamides is 1. The van der Waals surface area contributed by atoms with Gasteiger partial charge in [0.05, 0.1) is 23.1 Å². The van der Waals surface area contributed by atoms with E-state index in [1.807, 2.05) is 6.92 Å². The van der Waals surface area contributed by atoms with E-state index < -0.39 is 10.0 Å². The highest BCUT2D eigenvalue weighted by molar-refractivity contribution is 8.00. The monoisotopic (exact) mass is 426 g/mol. The van der Waals surface area contributed by atoms with Gasteiger partial charge in [-0.25, -0.2) is 8.42 Å². The highest BCUT2D eigenvalue weighted by Crippen LogP contribution is 2.40. The van der Waals surface area contributed by atoms with Gasteiger partial charge in [0, 0.05) is 36.7 Å². The van der Waals surface area contributed by atoms with Crippen molar-refractivity contribution in [3.05, 3.63) is 18.2 Å². The van der Waals surface area contributed by atoms with Crippen LogP contribution in [0.15, 0.2) is 28.0 Å². The van der Waals surface area contributed by atoms with Gasteiger partial charge in [-0.1, -0.05) is 6.92 Å². The van der Waals surface area contributed by atoms with Gasteiger partial charge in [-0.05, 0) is 38.0 Å². The van der Waals surface area contributed by atoms with Crippen LogP contribution in [0, 0.1) is 5.92 Å². The number of hydrogen-bond donors (Lipinski definition) is 0. The lowest BCUT2D eigenvalue weighted by Crippen LogP contribution is -2.41. The maximum Gasteiger partial charge on any atom is 0.309 e. The first-order chi connectivity index (χ1) is 13.2. The van der Waals surface area contributed by atoms with Crippen molar-refractivity contribution < 1.29 is 22.7 Å². The third-order valence-electron chi connectivity index (χ3n) is 5.08. The van der Waals surface area contributed by atoms with Crippen LogP contribution in [-0.4, -0.2) is 56.1 Å². The minimum absolute atomic E-state index is 0.0989. The van der Waals surface area contributed by atoms with Gasteiger partial charge < -0.3 is 9.64 Å². The fourth-order valence-corrected chi connectivity index (χ4v) is 6.20. The van der Waals surface area contributed by atoms with Crippen LogP contribution in [0.3, 0.4) is 0 Å². The third kappa shape index (κ3) is 4.21. The number of anilines is 1. The number of carbonyl (C=O) groups is 2. The Kier molecular flexibility index (Phi) is 6.36. The number of ether oxygens (including phenoxy) is 1. The molecule has 0 unspecified atom stereocenters. The Hall–Kier alpha value is -1.58. The van der Waals surface area contributed by atoms with Crippen molar-refractivity contribution >= 4 is 39.3 Å². The topological polar surface area (TPSA) is 84.0 Å². The van der Waals surface area contributed by atoms with Crippen LogP contribution < -0.4 is 4.90 Å². The molecule has 1 amide bonds. The molecule has 0 radical (unpaired) electrons. The summed E-state index contributed by atoms with van der Waals surface area (Å²) in [4.78, 5) is 26.7. The summed E-state index contributed by atoms with van der Waals surface area (Å²) in [6.45, 7) is 6.75. The van der Waals surface area contributed by atoms with Gasteiger partial charge in [0.1, 0.15) is 0 Å². The molecule has 1 saturated heterocycles. The minimum Gasteiger partial charge on any atom is -0.466 e. The average Bonchev–Trinajstić information content (AvgIpc) is 2.67. The van der Waals surface area contributed by atoms with E-state index in [0.29, 0.717) is 31.7 Å². The van der Waals surface area contributed by atoms with Crippen LogP contribution in [0.4, 0.5) is 5.69 Å². The number of hydrogen-bond acceptors (Lipinski definition) is 6. The van der Waals surface area contributed by atoms with E-state index in [0.717, 1.165) is 4.90 Å². The zero-order valence-electron chi connectivity index (χ0n) is 16.4. The molecule has 0 aromatic heterocycles. The molecule has 1 fully saturated rings. The summed E-state index contributed by atoms with van der Waals surface area (Å²) in [5.41, 5.74) is 0.651. The molecule has 154 valence electrons. The number of carbonyl (C=O) groups excluding carboxylic acids is 2. The van der Waals surface area contributed by atoms with Crippen molar-refractivity contribution in [1.82, 2.24) is 4.31 Å². The van der Waals surface area contributed by atoms with Crippen molar-refractivity contribution in [2.75, 3.05) is 31.1 Å². The number of esters is 1. The summed E-state index contributed by atoms with van der Waals surface area (Å²) in [5.74, 6) is -0.601. The van der Waals surface area contributed by atoms with E-state index in [1.54, 1.807) is 41.8 Å². The molecule has 1 atom stereocenters. The van der Waals surface area contributed by atoms with Gasteiger partial charge in [0.25, 0.3) is 0 Å². The van der Waals surface area contributed by atoms with Crippen LogP contribution >= 0.6 is 11.8 Å². The first-order valence-corrected chi connectivity index (χ1v) is 11.8. The van der Waals surface area contributed by atoms with E-state index in [2.05, 4.69) is 0 Å². The number of benzene rings is 1. The van der Waals surface area contributed by atoms with E-state index in [-0.39, 0.29) is 41.0 Å². The lowest BCUT2D eigenvalue weighted by Gasteiger charge is -2.33. The Morgan fingerprint density at radius 1 is 1.25 bits per heavy atom. The summed E-state index contributed by atoms with van der Waals surface area (Å²) < 4.78 is 32.7. The van der Waals surface area contributed by atoms with Gasteiger partial charge in [0.2, 0.25) is 15.9 Å². The van der Waals surface area contributed by atoms with Crippen LogP contribution in [0.5, 0.6) is 0 Å². The molecule has 2 heterocycles. The molecule has 3 rings (SSSR count). The molecule has 0 N–H and O–H groups in total. The summed E-state index contributed by atoms with van der Waals surface area (Å²) in [6, 6.07) is 4.99. The normalized spacial score (nSPS) is 21.2. The molecule has 2 aliphatic heterocycles. The zero-order valence-corrected chi connectivity index (χ0v) is 18.0. The molecular weight excluding hydrogens is 400 g/mol. The summed E-state index contributed by atoms with van der Waals surface area (Å²) in [6.07, 6.45) is 0.909. The molecule has 0 aliphatic carbocycles. The molecule has 9 heteroatoms. The molecular formula is C19H26N2O5S2. The van der Waals surface area contributed by atoms with Crippen molar-refractivity contribution in [3.63, 3.8) is 0 Å². The summed E-state index contributed by atoms with van der Waals surface area (Å²) >= 11 is 1.64. The van der Waals surface area contributed by atoms with E-state index >= 15 is 0 Å². The fourth-order valence-electron chi connectivity index (χ4n) is 3.62. The average molecular weight is 427 g/mol. The van der Waals surface area contributed by atoms with Gasteiger partial charge in [-0.3, -0.25) is 9.59 Å². The SMILES string of the molecule is CCOC(=O)C1CCN(S(=O)(=O)c2ccc3c(c2)N(C(C)=O)C[C@@H](C)S3)CC1. The molecule has 0 bridgehead atoms. The van der Waals surface area contributed by atoms with Crippen LogP contribution in [-0.2, 0) is 24.3 Å². The smallest absolute Gasteiger partial charge is 0.309 e. The van der Waals surface area contributed by atoms with Crippen molar-refractivity contribution in [3.8, 4) is 0 Å².